The van der Waals surface area contributed by atoms with Gasteiger partial charge in [-0.05, 0) is 37.6 Å². The molecule has 28 heavy (non-hydrogen) atoms. The molecule has 0 atom stereocenters. The molecule has 2 aromatic rings. The number of benzene rings is 1. The maximum absolute atomic E-state index is 11.9. The number of hydrogen-bond acceptors (Lipinski definition) is 6. The van der Waals surface area contributed by atoms with E-state index in [0.29, 0.717) is 13.2 Å². The number of amides is 1. The van der Waals surface area contributed by atoms with Gasteiger partial charge in [-0.15, -0.1) is 11.3 Å². The van der Waals surface area contributed by atoms with E-state index in [1.54, 1.807) is 11.3 Å². The van der Waals surface area contributed by atoms with Crippen LogP contribution in [0.1, 0.15) is 26.0 Å². The molecule has 1 aromatic heterocycles. The summed E-state index contributed by atoms with van der Waals surface area (Å²) in [6.07, 6.45) is 0.978. The SMILES string of the molecule is CCCNC(=O)CN1CCN(Cc2csc(-c3ccc(OCC)cc3)n2)CC1. The Bertz CT molecular complexity index is 739. The van der Waals surface area contributed by atoms with Gasteiger partial charge in [-0.3, -0.25) is 14.6 Å². The Labute approximate surface area is 171 Å². The summed E-state index contributed by atoms with van der Waals surface area (Å²) in [7, 11) is 0. The number of nitrogens with zero attached hydrogens (tertiary/aromatic N) is 3. The zero-order valence-corrected chi connectivity index (χ0v) is 17.6. The topological polar surface area (TPSA) is 57.7 Å². The summed E-state index contributed by atoms with van der Waals surface area (Å²) in [5.41, 5.74) is 2.24. The molecule has 2 heterocycles. The molecule has 1 aliphatic rings. The van der Waals surface area contributed by atoms with Crippen molar-refractivity contribution in [3.05, 3.63) is 35.3 Å². The van der Waals surface area contributed by atoms with Gasteiger partial charge in [0.15, 0.2) is 0 Å². The molecule has 1 aromatic carbocycles. The van der Waals surface area contributed by atoms with Crippen LogP contribution in [-0.4, -0.2) is 66.6 Å². The number of hydrogen-bond donors (Lipinski definition) is 1. The van der Waals surface area contributed by atoms with Crippen molar-refractivity contribution in [1.82, 2.24) is 20.1 Å². The molecule has 0 spiro atoms. The molecule has 0 aliphatic carbocycles. The molecule has 3 rings (SSSR count). The number of rotatable bonds is 9. The summed E-state index contributed by atoms with van der Waals surface area (Å²) in [5, 5.41) is 6.14. The van der Waals surface area contributed by atoms with Crippen LogP contribution in [0.4, 0.5) is 0 Å². The Morgan fingerprint density at radius 1 is 1.14 bits per heavy atom. The molecule has 0 radical (unpaired) electrons. The highest BCUT2D eigenvalue weighted by atomic mass is 32.1. The number of piperazine rings is 1. The number of nitrogens with one attached hydrogen (secondary N) is 1. The van der Waals surface area contributed by atoms with Crippen molar-refractivity contribution >= 4 is 17.2 Å². The third kappa shape index (κ3) is 6.02. The third-order valence-corrected chi connectivity index (χ3v) is 5.69. The summed E-state index contributed by atoms with van der Waals surface area (Å²) in [6.45, 7) is 10.7. The number of thiazole rings is 1. The summed E-state index contributed by atoms with van der Waals surface area (Å²) < 4.78 is 5.50. The van der Waals surface area contributed by atoms with E-state index >= 15 is 0 Å². The van der Waals surface area contributed by atoms with Crippen LogP contribution in [0.5, 0.6) is 5.75 Å². The van der Waals surface area contributed by atoms with Gasteiger partial charge in [0.25, 0.3) is 0 Å². The van der Waals surface area contributed by atoms with E-state index in [1.165, 1.54) is 0 Å². The van der Waals surface area contributed by atoms with Gasteiger partial charge in [0.1, 0.15) is 10.8 Å². The molecule has 1 saturated heterocycles. The van der Waals surface area contributed by atoms with E-state index in [4.69, 9.17) is 9.72 Å². The van der Waals surface area contributed by atoms with Crippen molar-refractivity contribution in [3.8, 4) is 16.3 Å². The molecule has 6 nitrogen and oxygen atoms in total. The standard InChI is InChI=1S/C21H30N4O2S/c1-3-9-22-20(26)15-25-12-10-24(11-13-25)14-18-16-28-21(23-18)17-5-7-19(8-6-17)27-4-2/h5-8,16H,3-4,9-15H2,1-2H3,(H,22,26). The molecule has 1 aliphatic heterocycles. The lowest BCUT2D eigenvalue weighted by molar-refractivity contribution is -0.122. The number of aromatic nitrogens is 1. The Kier molecular flexibility index (Phi) is 7.82. The van der Waals surface area contributed by atoms with E-state index < -0.39 is 0 Å². The lowest BCUT2D eigenvalue weighted by Crippen LogP contribution is -2.49. The lowest BCUT2D eigenvalue weighted by atomic mass is 10.2. The minimum absolute atomic E-state index is 0.134. The smallest absolute Gasteiger partial charge is 0.234 e. The van der Waals surface area contributed by atoms with Gasteiger partial charge in [0.2, 0.25) is 5.91 Å². The molecular weight excluding hydrogens is 372 g/mol. The largest absolute Gasteiger partial charge is 0.494 e. The third-order valence-electron chi connectivity index (χ3n) is 4.75. The van der Waals surface area contributed by atoms with Crippen molar-refractivity contribution in [1.29, 1.82) is 0 Å². The van der Waals surface area contributed by atoms with Crippen molar-refractivity contribution in [2.45, 2.75) is 26.8 Å². The summed E-state index contributed by atoms with van der Waals surface area (Å²) >= 11 is 1.69. The quantitative estimate of drug-likeness (QED) is 0.699. The van der Waals surface area contributed by atoms with Gasteiger partial charge in [-0.25, -0.2) is 4.98 Å². The minimum atomic E-state index is 0.134. The van der Waals surface area contributed by atoms with Crippen molar-refractivity contribution in [2.75, 3.05) is 45.9 Å². The first kappa shape index (κ1) is 20.8. The van der Waals surface area contributed by atoms with E-state index in [2.05, 4.69) is 39.6 Å². The van der Waals surface area contributed by atoms with Crippen LogP contribution in [0, 0.1) is 0 Å². The van der Waals surface area contributed by atoms with E-state index in [0.717, 1.165) is 67.7 Å². The predicted octanol–water partition coefficient (Wildman–Crippen LogP) is 2.85. The summed E-state index contributed by atoms with van der Waals surface area (Å²) in [6, 6.07) is 8.12. The Hall–Kier alpha value is -1.96. The minimum Gasteiger partial charge on any atom is -0.494 e. The highest BCUT2D eigenvalue weighted by Crippen LogP contribution is 2.26. The Balaban J connectivity index is 1.46. The molecule has 152 valence electrons. The highest BCUT2D eigenvalue weighted by molar-refractivity contribution is 7.13. The molecular formula is C21H30N4O2S. The number of carbonyl (C=O) groups is 1. The van der Waals surface area contributed by atoms with Crippen LogP contribution in [0.25, 0.3) is 10.6 Å². The van der Waals surface area contributed by atoms with Crippen molar-refractivity contribution in [2.24, 2.45) is 0 Å². The van der Waals surface area contributed by atoms with E-state index in [-0.39, 0.29) is 5.91 Å². The first-order valence-electron chi connectivity index (χ1n) is 10.1. The van der Waals surface area contributed by atoms with Gasteiger partial charge in [0.05, 0.1) is 18.8 Å². The summed E-state index contributed by atoms with van der Waals surface area (Å²) in [4.78, 5) is 21.3. The second-order valence-corrected chi connectivity index (χ2v) is 7.86. The van der Waals surface area contributed by atoms with Gasteiger partial charge in [-0.1, -0.05) is 6.92 Å². The first-order chi connectivity index (χ1) is 13.7. The van der Waals surface area contributed by atoms with Crippen LogP contribution in [0.2, 0.25) is 0 Å². The van der Waals surface area contributed by atoms with Gasteiger partial charge < -0.3 is 10.1 Å². The second-order valence-electron chi connectivity index (χ2n) is 7.00. The molecule has 1 fully saturated rings. The molecule has 1 N–H and O–H groups in total. The van der Waals surface area contributed by atoms with Gasteiger partial charge in [-0.2, -0.15) is 0 Å². The maximum atomic E-state index is 11.9. The van der Waals surface area contributed by atoms with Crippen LogP contribution in [-0.2, 0) is 11.3 Å². The fourth-order valence-electron chi connectivity index (χ4n) is 3.23. The first-order valence-corrected chi connectivity index (χ1v) is 10.9. The number of carbonyl (C=O) groups excluding carboxylic acids is 1. The fraction of sp³-hybridized carbons (Fsp3) is 0.524. The normalized spacial score (nSPS) is 15.5. The van der Waals surface area contributed by atoms with Crippen molar-refractivity contribution < 1.29 is 9.53 Å². The highest BCUT2D eigenvalue weighted by Gasteiger charge is 2.19. The van der Waals surface area contributed by atoms with Crippen molar-refractivity contribution in [3.63, 3.8) is 0 Å². The summed E-state index contributed by atoms with van der Waals surface area (Å²) in [5.74, 6) is 1.03. The predicted molar refractivity (Wildman–Crippen MR) is 114 cm³/mol. The lowest BCUT2D eigenvalue weighted by Gasteiger charge is -2.33. The van der Waals surface area contributed by atoms with Gasteiger partial charge in [0, 0.05) is 50.2 Å². The molecule has 7 heteroatoms. The molecule has 1 amide bonds. The van der Waals surface area contributed by atoms with Crippen LogP contribution >= 0.6 is 11.3 Å². The van der Waals surface area contributed by atoms with E-state index in [1.807, 2.05) is 19.1 Å². The number of ether oxygens (including phenoxy) is 1. The zero-order chi connectivity index (χ0) is 19.8. The average Bonchev–Trinajstić information content (AvgIpc) is 3.17. The second kappa shape index (κ2) is 10.5. The van der Waals surface area contributed by atoms with E-state index in [9.17, 15) is 4.79 Å². The molecule has 0 unspecified atom stereocenters. The maximum Gasteiger partial charge on any atom is 0.234 e. The average molecular weight is 403 g/mol. The monoisotopic (exact) mass is 402 g/mol. The zero-order valence-electron chi connectivity index (χ0n) is 16.8. The molecule has 0 bridgehead atoms. The van der Waals surface area contributed by atoms with Crippen LogP contribution < -0.4 is 10.1 Å². The van der Waals surface area contributed by atoms with Crippen LogP contribution in [0.15, 0.2) is 29.6 Å². The van der Waals surface area contributed by atoms with Crippen LogP contribution in [0.3, 0.4) is 0 Å². The fourth-order valence-corrected chi connectivity index (χ4v) is 4.05. The Morgan fingerprint density at radius 2 is 1.86 bits per heavy atom. The Morgan fingerprint density at radius 3 is 2.54 bits per heavy atom. The molecule has 0 saturated carbocycles. The van der Waals surface area contributed by atoms with Gasteiger partial charge >= 0.3 is 0 Å².